The first-order chi connectivity index (χ1) is 6.84. The second kappa shape index (κ2) is 4.94. The van der Waals surface area contributed by atoms with Crippen LogP contribution < -0.4 is 5.32 Å². The van der Waals surface area contributed by atoms with E-state index < -0.39 is 0 Å². The van der Waals surface area contributed by atoms with Crippen molar-refractivity contribution in [3.8, 4) is 0 Å². The van der Waals surface area contributed by atoms with E-state index in [-0.39, 0.29) is 0 Å². The van der Waals surface area contributed by atoms with Crippen molar-refractivity contribution in [1.29, 1.82) is 0 Å². The average molecular weight is 254 g/mol. The maximum Gasteiger partial charge on any atom is 0.0205 e. The molecule has 14 heavy (non-hydrogen) atoms. The van der Waals surface area contributed by atoms with E-state index in [0.29, 0.717) is 0 Å². The van der Waals surface area contributed by atoms with E-state index in [1.165, 1.54) is 31.4 Å². The predicted octanol–water partition coefficient (Wildman–Crippen LogP) is 3.34. The fourth-order valence-electron chi connectivity index (χ4n) is 1.72. The van der Waals surface area contributed by atoms with Gasteiger partial charge in [-0.2, -0.15) is 0 Å². The third-order valence-corrected chi connectivity index (χ3v) is 3.43. The van der Waals surface area contributed by atoms with Crippen LogP contribution in [-0.4, -0.2) is 6.54 Å². The molecule has 1 nitrogen and oxygen atoms in total. The lowest BCUT2D eigenvalue weighted by molar-refractivity contribution is 0.301. The second-order valence-corrected chi connectivity index (χ2v) is 4.97. The maximum atomic E-state index is 3.51. The van der Waals surface area contributed by atoms with Gasteiger partial charge in [-0.25, -0.2) is 0 Å². The van der Waals surface area contributed by atoms with Gasteiger partial charge >= 0.3 is 0 Å². The SMILES string of the molecule is Brc1ccc(CNCC2CCC2)cc1. The number of hydrogen-bond acceptors (Lipinski definition) is 1. The van der Waals surface area contributed by atoms with E-state index in [4.69, 9.17) is 0 Å². The van der Waals surface area contributed by atoms with E-state index in [1.54, 1.807) is 0 Å². The van der Waals surface area contributed by atoms with Crippen molar-refractivity contribution in [2.24, 2.45) is 5.92 Å². The van der Waals surface area contributed by atoms with E-state index in [9.17, 15) is 0 Å². The highest BCUT2D eigenvalue weighted by molar-refractivity contribution is 9.10. The summed E-state index contributed by atoms with van der Waals surface area (Å²) < 4.78 is 1.15. The zero-order valence-electron chi connectivity index (χ0n) is 8.30. The van der Waals surface area contributed by atoms with E-state index in [1.807, 2.05) is 0 Å². The first kappa shape index (κ1) is 10.2. The zero-order valence-corrected chi connectivity index (χ0v) is 9.89. The monoisotopic (exact) mass is 253 g/mol. The Bertz CT molecular complexity index is 277. The largest absolute Gasteiger partial charge is 0.312 e. The Hall–Kier alpha value is -0.340. The van der Waals surface area contributed by atoms with Crippen molar-refractivity contribution < 1.29 is 0 Å². The van der Waals surface area contributed by atoms with Gasteiger partial charge in [-0.1, -0.05) is 34.5 Å². The summed E-state index contributed by atoms with van der Waals surface area (Å²) in [5.41, 5.74) is 1.37. The molecule has 1 aliphatic carbocycles. The van der Waals surface area contributed by atoms with Gasteiger partial charge in [-0.3, -0.25) is 0 Å². The van der Waals surface area contributed by atoms with Crippen molar-refractivity contribution in [3.63, 3.8) is 0 Å². The van der Waals surface area contributed by atoms with Crippen LogP contribution in [0.4, 0.5) is 0 Å². The molecular formula is C12H16BrN. The Balaban J connectivity index is 1.71. The smallest absolute Gasteiger partial charge is 0.0205 e. The van der Waals surface area contributed by atoms with Crippen LogP contribution in [0.2, 0.25) is 0 Å². The molecule has 1 aromatic carbocycles. The van der Waals surface area contributed by atoms with E-state index in [2.05, 4.69) is 45.5 Å². The van der Waals surface area contributed by atoms with Crippen LogP contribution >= 0.6 is 15.9 Å². The summed E-state index contributed by atoms with van der Waals surface area (Å²) in [6, 6.07) is 8.52. The topological polar surface area (TPSA) is 12.0 Å². The lowest BCUT2D eigenvalue weighted by atomic mass is 9.85. The van der Waals surface area contributed by atoms with Gasteiger partial charge in [0.2, 0.25) is 0 Å². The van der Waals surface area contributed by atoms with Gasteiger partial charge in [0.05, 0.1) is 0 Å². The predicted molar refractivity (Wildman–Crippen MR) is 63.2 cm³/mol. The summed E-state index contributed by atoms with van der Waals surface area (Å²) in [7, 11) is 0. The summed E-state index contributed by atoms with van der Waals surface area (Å²) >= 11 is 3.44. The molecular weight excluding hydrogens is 238 g/mol. The standard InChI is InChI=1S/C12H16BrN/c13-12-6-4-11(5-7-12)9-14-8-10-2-1-3-10/h4-7,10,14H,1-3,8-9H2. The van der Waals surface area contributed by atoms with Gasteiger partial charge in [0.1, 0.15) is 0 Å². The number of halogens is 1. The Morgan fingerprint density at radius 1 is 1.21 bits per heavy atom. The minimum absolute atomic E-state index is 0.949. The minimum atomic E-state index is 0.949. The molecule has 76 valence electrons. The number of rotatable bonds is 4. The highest BCUT2D eigenvalue weighted by atomic mass is 79.9. The van der Waals surface area contributed by atoms with Crippen LogP contribution in [0, 0.1) is 5.92 Å². The summed E-state index contributed by atoms with van der Waals surface area (Å²) in [5.74, 6) is 0.949. The number of benzene rings is 1. The first-order valence-corrected chi connectivity index (χ1v) is 6.09. The molecule has 1 N–H and O–H groups in total. The number of hydrogen-bond donors (Lipinski definition) is 1. The molecule has 2 heteroatoms. The zero-order chi connectivity index (χ0) is 9.80. The molecule has 0 aliphatic heterocycles. The van der Waals surface area contributed by atoms with E-state index in [0.717, 1.165) is 16.9 Å². The summed E-state index contributed by atoms with van der Waals surface area (Å²) in [4.78, 5) is 0. The fraction of sp³-hybridized carbons (Fsp3) is 0.500. The molecule has 0 radical (unpaired) electrons. The molecule has 0 saturated heterocycles. The molecule has 2 rings (SSSR count). The highest BCUT2D eigenvalue weighted by Gasteiger charge is 2.15. The quantitative estimate of drug-likeness (QED) is 0.868. The number of nitrogens with one attached hydrogen (secondary N) is 1. The Morgan fingerprint density at radius 2 is 1.93 bits per heavy atom. The van der Waals surface area contributed by atoms with Crippen molar-refractivity contribution in [3.05, 3.63) is 34.3 Å². The molecule has 0 aromatic heterocycles. The molecule has 0 spiro atoms. The average Bonchev–Trinajstić information content (AvgIpc) is 2.12. The Kier molecular flexibility index (Phi) is 3.60. The Morgan fingerprint density at radius 3 is 2.50 bits per heavy atom. The van der Waals surface area contributed by atoms with Crippen LogP contribution in [0.15, 0.2) is 28.7 Å². The minimum Gasteiger partial charge on any atom is -0.312 e. The summed E-state index contributed by atoms with van der Waals surface area (Å²) in [5, 5.41) is 3.51. The fourth-order valence-corrected chi connectivity index (χ4v) is 1.98. The van der Waals surface area contributed by atoms with Crippen LogP contribution in [0.1, 0.15) is 24.8 Å². The van der Waals surface area contributed by atoms with Crippen molar-refractivity contribution in [2.45, 2.75) is 25.8 Å². The molecule has 1 aromatic rings. The lowest BCUT2D eigenvalue weighted by Gasteiger charge is -2.25. The highest BCUT2D eigenvalue weighted by Crippen LogP contribution is 2.25. The third kappa shape index (κ3) is 2.82. The van der Waals surface area contributed by atoms with Crippen LogP contribution in [0.25, 0.3) is 0 Å². The van der Waals surface area contributed by atoms with Gasteiger partial charge in [-0.15, -0.1) is 0 Å². The summed E-state index contributed by atoms with van der Waals surface area (Å²) in [6.45, 7) is 2.19. The van der Waals surface area contributed by atoms with Crippen molar-refractivity contribution in [2.75, 3.05) is 6.54 Å². The molecule has 1 saturated carbocycles. The third-order valence-electron chi connectivity index (χ3n) is 2.90. The molecule has 0 bridgehead atoms. The molecule has 0 unspecified atom stereocenters. The van der Waals surface area contributed by atoms with Crippen LogP contribution in [-0.2, 0) is 6.54 Å². The molecule has 0 amide bonds. The maximum absolute atomic E-state index is 3.51. The second-order valence-electron chi connectivity index (χ2n) is 4.05. The lowest BCUT2D eigenvalue weighted by Crippen LogP contribution is -2.26. The van der Waals surface area contributed by atoms with Gasteiger partial charge in [-0.05, 0) is 43.0 Å². The molecule has 1 fully saturated rings. The van der Waals surface area contributed by atoms with Gasteiger partial charge in [0.15, 0.2) is 0 Å². The van der Waals surface area contributed by atoms with Gasteiger partial charge in [0, 0.05) is 11.0 Å². The van der Waals surface area contributed by atoms with Gasteiger partial charge in [0.25, 0.3) is 0 Å². The molecule has 0 atom stereocenters. The van der Waals surface area contributed by atoms with Gasteiger partial charge < -0.3 is 5.32 Å². The van der Waals surface area contributed by atoms with Crippen LogP contribution in [0.3, 0.4) is 0 Å². The Labute approximate surface area is 94.0 Å². The van der Waals surface area contributed by atoms with Crippen LogP contribution in [0.5, 0.6) is 0 Å². The molecule has 1 aliphatic rings. The molecule has 0 heterocycles. The van der Waals surface area contributed by atoms with Crippen molar-refractivity contribution >= 4 is 15.9 Å². The van der Waals surface area contributed by atoms with Crippen molar-refractivity contribution in [1.82, 2.24) is 5.32 Å². The van der Waals surface area contributed by atoms with E-state index >= 15 is 0 Å². The normalized spacial score (nSPS) is 16.6. The first-order valence-electron chi connectivity index (χ1n) is 5.30. The summed E-state index contributed by atoms with van der Waals surface area (Å²) in [6.07, 6.45) is 4.28.